The molecule has 1 aliphatic rings. The third-order valence-electron chi connectivity index (χ3n) is 4.26. The van der Waals surface area contributed by atoms with Crippen molar-refractivity contribution >= 4 is 33.1 Å². The minimum Gasteiger partial charge on any atom is -0.307 e. The Morgan fingerprint density at radius 1 is 1.27 bits per heavy atom. The van der Waals surface area contributed by atoms with E-state index in [9.17, 15) is 13.2 Å². The van der Waals surface area contributed by atoms with Crippen LogP contribution >= 0.6 is 11.3 Å². The number of carbonyl (C=O) groups is 1. The van der Waals surface area contributed by atoms with Gasteiger partial charge in [0.05, 0.1) is 11.1 Å². The summed E-state index contributed by atoms with van der Waals surface area (Å²) < 4.78 is 27.5. The van der Waals surface area contributed by atoms with Crippen molar-refractivity contribution in [2.45, 2.75) is 17.9 Å². The van der Waals surface area contributed by atoms with Gasteiger partial charge in [-0.3, -0.25) is 9.89 Å². The summed E-state index contributed by atoms with van der Waals surface area (Å²) in [5.41, 5.74) is 1.33. The molecule has 2 aromatic heterocycles. The molecule has 1 amide bonds. The van der Waals surface area contributed by atoms with Gasteiger partial charge in [-0.15, -0.1) is 11.3 Å². The van der Waals surface area contributed by atoms with Crippen LogP contribution in [0.4, 0.5) is 5.82 Å². The second kappa shape index (κ2) is 6.67. The van der Waals surface area contributed by atoms with Crippen LogP contribution in [0.5, 0.6) is 0 Å². The van der Waals surface area contributed by atoms with Crippen LogP contribution in [0.15, 0.2) is 52.9 Å². The summed E-state index contributed by atoms with van der Waals surface area (Å²) in [4.78, 5) is 13.7. The van der Waals surface area contributed by atoms with E-state index < -0.39 is 15.9 Å². The van der Waals surface area contributed by atoms with Crippen molar-refractivity contribution < 1.29 is 13.2 Å². The van der Waals surface area contributed by atoms with Gasteiger partial charge in [-0.25, -0.2) is 8.42 Å². The SMILES string of the molecule is O=C(Nc1ccn[nH]1)c1cccc(S(=O)(=O)N2CCc3sccc3C2)c1. The smallest absolute Gasteiger partial charge is 0.256 e. The van der Waals surface area contributed by atoms with Gasteiger partial charge in [0.2, 0.25) is 10.0 Å². The lowest BCUT2D eigenvalue weighted by atomic mass is 10.1. The molecule has 0 atom stereocenters. The van der Waals surface area contributed by atoms with Crippen LogP contribution in [0.2, 0.25) is 0 Å². The van der Waals surface area contributed by atoms with Crippen LogP contribution in [-0.4, -0.2) is 35.4 Å². The van der Waals surface area contributed by atoms with Gasteiger partial charge >= 0.3 is 0 Å². The fourth-order valence-electron chi connectivity index (χ4n) is 2.89. The molecule has 0 radical (unpaired) electrons. The lowest BCUT2D eigenvalue weighted by Gasteiger charge is -2.26. The summed E-state index contributed by atoms with van der Waals surface area (Å²) in [6.45, 7) is 0.812. The molecule has 4 rings (SSSR count). The number of anilines is 1. The van der Waals surface area contributed by atoms with Crippen molar-refractivity contribution in [2.75, 3.05) is 11.9 Å². The molecule has 2 N–H and O–H groups in total. The van der Waals surface area contributed by atoms with Crippen LogP contribution in [0.1, 0.15) is 20.8 Å². The number of aromatic nitrogens is 2. The first-order valence-corrected chi connectivity index (χ1v) is 10.3. The molecular formula is C17H16N4O3S2. The summed E-state index contributed by atoms with van der Waals surface area (Å²) in [7, 11) is -3.66. The summed E-state index contributed by atoms with van der Waals surface area (Å²) in [6, 6.07) is 9.67. The maximum Gasteiger partial charge on any atom is 0.256 e. The molecule has 0 bridgehead atoms. The number of hydrogen-bond acceptors (Lipinski definition) is 5. The second-order valence-corrected chi connectivity index (χ2v) is 8.85. The number of rotatable bonds is 4. The first kappa shape index (κ1) is 17.0. The summed E-state index contributed by atoms with van der Waals surface area (Å²) in [5.74, 6) is 0.0503. The second-order valence-electron chi connectivity index (χ2n) is 5.91. The molecule has 0 fully saturated rings. The van der Waals surface area contributed by atoms with E-state index in [4.69, 9.17) is 0 Å². The Morgan fingerprint density at radius 2 is 2.15 bits per heavy atom. The standard InChI is InChI=1S/C17H16N4O3S2/c22-17(19-16-4-7-18-20-16)12-2-1-3-14(10-12)26(23,24)21-8-5-15-13(11-21)6-9-25-15/h1-4,6-7,9-10H,5,8,11H2,(H2,18,19,20,22). The average Bonchev–Trinajstić information content (AvgIpc) is 3.32. The van der Waals surface area contributed by atoms with E-state index in [1.54, 1.807) is 29.5 Å². The third-order valence-corrected chi connectivity index (χ3v) is 7.12. The summed E-state index contributed by atoms with van der Waals surface area (Å²) >= 11 is 1.66. The predicted octanol–water partition coefficient (Wildman–Crippen LogP) is 2.47. The van der Waals surface area contributed by atoms with Gasteiger partial charge in [0, 0.05) is 29.6 Å². The van der Waals surface area contributed by atoms with Crippen molar-refractivity contribution in [3.63, 3.8) is 0 Å². The predicted molar refractivity (Wildman–Crippen MR) is 98.6 cm³/mol. The third kappa shape index (κ3) is 3.16. The number of nitrogens with zero attached hydrogens (tertiary/aromatic N) is 2. The van der Waals surface area contributed by atoms with Crippen LogP contribution < -0.4 is 5.32 Å². The molecule has 0 spiro atoms. The van der Waals surface area contributed by atoms with Crippen LogP contribution in [-0.2, 0) is 23.0 Å². The summed E-state index contributed by atoms with van der Waals surface area (Å²) in [5, 5.41) is 11.0. The van der Waals surface area contributed by atoms with E-state index in [1.165, 1.54) is 27.5 Å². The Hall–Kier alpha value is -2.49. The van der Waals surface area contributed by atoms with E-state index in [0.717, 1.165) is 5.56 Å². The van der Waals surface area contributed by atoms with Gasteiger partial charge in [0.1, 0.15) is 5.82 Å². The number of nitrogens with one attached hydrogen (secondary N) is 2. The maximum atomic E-state index is 13.0. The van der Waals surface area contributed by atoms with Crippen LogP contribution in [0.3, 0.4) is 0 Å². The van der Waals surface area contributed by atoms with E-state index in [1.807, 2.05) is 11.4 Å². The number of carbonyl (C=O) groups excluding carboxylic acids is 1. The largest absolute Gasteiger partial charge is 0.307 e. The highest BCUT2D eigenvalue weighted by Gasteiger charge is 2.29. The Balaban J connectivity index is 1.58. The van der Waals surface area contributed by atoms with Crippen molar-refractivity contribution in [3.05, 3.63) is 64.0 Å². The highest BCUT2D eigenvalue weighted by Crippen LogP contribution is 2.28. The number of H-pyrrole nitrogens is 1. The average molecular weight is 388 g/mol. The maximum absolute atomic E-state index is 13.0. The zero-order valence-corrected chi connectivity index (χ0v) is 15.3. The molecule has 26 heavy (non-hydrogen) atoms. The number of aromatic amines is 1. The topological polar surface area (TPSA) is 95.2 Å². The van der Waals surface area contributed by atoms with Gasteiger partial charge in [-0.1, -0.05) is 6.07 Å². The Kier molecular flexibility index (Phi) is 4.35. The molecule has 0 aliphatic carbocycles. The lowest BCUT2D eigenvalue weighted by Crippen LogP contribution is -2.35. The molecule has 7 nitrogen and oxygen atoms in total. The van der Waals surface area contributed by atoms with Crippen molar-refractivity contribution in [1.82, 2.24) is 14.5 Å². The highest BCUT2D eigenvalue weighted by molar-refractivity contribution is 7.89. The number of thiophene rings is 1. The normalized spacial score (nSPS) is 14.8. The number of sulfonamides is 1. The molecule has 3 aromatic rings. The molecule has 3 heterocycles. The van der Waals surface area contributed by atoms with E-state index >= 15 is 0 Å². The Labute approximate surface area is 154 Å². The van der Waals surface area contributed by atoms with Gasteiger partial charge in [-0.2, -0.15) is 9.40 Å². The van der Waals surface area contributed by atoms with Crippen LogP contribution in [0.25, 0.3) is 0 Å². The monoisotopic (exact) mass is 388 g/mol. The van der Waals surface area contributed by atoms with Gasteiger partial charge in [0.15, 0.2) is 0 Å². The first-order valence-electron chi connectivity index (χ1n) is 8.00. The number of amides is 1. The fraction of sp³-hybridized carbons (Fsp3) is 0.176. The highest BCUT2D eigenvalue weighted by atomic mass is 32.2. The van der Waals surface area contributed by atoms with Gasteiger partial charge < -0.3 is 5.32 Å². The molecule has 1 aliphatic heterocycles. The Morgan fingerprint density at radius 3 is 2.96 bits per heavy atom. The molecule has 0 saturated carbocycles. The summed E-state index contributed by atoms with van der Waals surface area (Å²) in [6.07, 6.45) is 2.23. The van der Waals surface area contributed by atoms with Crippen LogP contribution in [0, 0.1) is 0 Å². The molecular weight excluding hydrogens is 372 g/mol. The number of benzene rings is 1. The van der Waals surface area contributed by atoms with E-state index in [-0.39, 0.29) is 10.5 Å². The molecule has 9 heteroatoms. The quantitative estimate of drug-likeness (QED) is 0.718. The zero-order valence-electron chi connectivity index (χ0n) is 13.7. The molecule has 134 valence electrons. The fourth-order valence-corrected chi connectivity index (χ4v) is 5.25. The number of hydrogen-bond donors (Lipinski definition) is 2. The van der Waals surface area contributed by atoms with Crippen molar-refractivity contribution in [3.8, 4) is 0 Å². The first-order chi connectivity index (χ1) is 12.5. The lowest BCUT2D eigenvalue weighted by molar-refractivity contribution is 0.102. The minimum atomic E-state index is -3.66. The molecule has 1 aromatic carbocycles. The zero-order chi connectivity index (χ0) is 18.1. The number of fused-ring (bicyclic) bond motifs is 1. The van der Waals surface area contributed by atoms with Gasteiger partial charge in [-0.05, 0) is 41.6 Å². The van der Waals surface area contributed by atoms with E-state index in [2.05, 4.69) is 15.5 Å². The minimum absolute atomic E-state index is 0.119. The molecule has 0 unspecified atom stereocenters. The van der Waals surface area contributed by atoms with Gasteiger partial charge in [0.25, 0.3) is 5.91 Å². The van der Waals surface area contributed by atoms with E-state index in [0.29, 0.717) is 25.3 Å². The van der Waals surface area contributed by atoms with Crippen molar-refractivity contribution in [2.24, 2.45) is 0 Å². The van der Waals surface area contributed by atoms with Crippen molar-refractivity contribution in [1.29, 1.82) is 0 Å². The molecule has 0 saturated heterocycles. The Bertz CT molecular complexity index is 1040.